The van der Waals surface area contributed by atoms with Crippen molar-refractivity contribution in [2.24, 2.45) is 0 Å². The smallest absolute Gasteiger partial charge is 0.261 e. The second-order valence-corrected chi connectivity index (χ2v) is 9.84. The van der Waals surface area contributed by atoms with Crippen LogP contribution in [0.3, 0.4) is 0 Å². The van der Waals surface area contributed by atoms with Crippen LogP contribution in [0.4, 0.5) is 0 Å². The summed E-state index contributed by atoms with van der Waals surface area (Å²) in [4.78, 5) is 13.3. The van der Waals surface area contributed by atoms with Gasteiger partial charge in [-0.15, -0.1) is 5.73 Å². The molecule has 0 amide bonds. The fraction of sp³-hybridized carbons (Fsp3) is 0.143. The van der Waals surface area contributed by atoms with Gasteiger partial charge in [-0.1, -0.05) is 6.92 Å². The van der Waals surface area contributed by atoms with Gasteiger partial charge < -0.3 is 9.15 Å². The molecule has 0 bridgehead atoms. The number of rotatable bonds is 6. The molecule has 3 aromatic rings. The fourth-order valence-corrected chi connectivity index (χ4v) is 4.63. The summed E-state index contributed by atoms with van der Waals surface area (Å²) in [6.07, 6.45) is 2.28. The predicted molar refractivity (Wildman–Crippen MR) is 114 cm³/mol. The zero-order valence-corrected chi connectivity index (χ0v) is 18.5. The molecule has 0 N–H and O–H groups in total. The molecule has 29 heavy (non-hydrogen) atoms. The molecular formula is C21H14BrClO5S. The Morgan fingerprint density at radius 3 is 2.59 bits per heavy atom. The normalized spacial score (nSPS) is 12.9. The molecule has 0 radical (unpaired) electrons. The molecule has 2 aromatic carbocycles. The number of carbonyl (C=O) groups is 1. The maximum absolute atomic E-state index is 13.4. The number of carbonyl (C=O) groups excluding carboxylic acids is 1. The Kier molecular flexibility index (Phi) is 4.95. The first kappa shape index (κ1) is 20.0. The number of ketones is 1. The molecule has 8 heteroatoms. The topological polar surface area (TPSA) is 73.6 Å². The number of allylic oxidation sites excluding steroid dienone is 1. The van der Waals surface area contributed by atoms with Crippen LogP contribution in [0.5, 0.6) is 5.75 Å². The number of furan rings is 1. The van der Waals surface area contributed by atoms with Gasteiger partial charge in [0.25, 0.3) is 9.05 Å². The number of ether oxygens (including phenoxy) is 1. The monoisotopic (exact) mass is 492 g/mol. The zero-order valence-electron chi connectivity index (χ0n) is 15.4. The minimum atomic E-state index is -3.90. The first-order chi connectivity index (χ1) is 13.7. The summed E-state index contributed by atoms with van der Waals surface area (Å²) in [5, 5.41) is 0.535. The number of benzene rings is 2. The summed E-state index contributed by atoms with van der Waals surface area (Å²) >= 11 is 3.47. The van der Waals surface area contributed by atoms with Crippen LogP contribution < -0.4 is 4.74 Å². The van der Waals surface area contributed by atoms with Crippen LogP contribution in [-0.2, 0) is 15.5 Å². The molecular weight excluding hydrogens is 480 g/mol. The molecule has 0 aliphatic heterocycles. The Hall–Kier alpha value is -2.31. The highest BCUT2D eigenvalue weighted by Crippen LogP contribution is 2.39. The maximum atomic E-state index is 13.4. The van der Waals surface area contributed by atoms with E-state index in [4.69, 9.17) is 19.8 Å². The number of hydrogen-bond acceptors (Lipinski definition) is 5. The van der Waals surface area contributed by atoms with E-state index in [9.17, 15) is 13.2 Å². The molecule has 0 saturated carbocycles. The highest BCUT2D eigenvalue weighted by atomic mass is 79.9. The minimum Gasteiger partial charge on any atom is -0.495 e. The second-order valence-electron chi connectivity index (χ2n) is 6.42. The molecule has 0 spiro atoms. The molecule has 0 fully saturated rings. The molecule has 1 heterocycles. The largest absolute Gasteiger partial charge is 0.495 e. The van der Waals surface area contributed by atoms with Gasteiger partial charge in [-0.2, -0.15) is 0 Å². The Morgan fingerprint density at radius 2 is 2.00 bits per heavy atom. The summed E-state index contributed by atoms with van der Waals surface area (Å²) in [6.45, 7) is 1.86. The van der Waals surface area contributed by atoms with Gasteiger partial charge in [0.2, 0.25) is 0 Å². The number of hydrogen-bond donors (Lipinski definition) is 0. The van der Waals surface area contributed by atoms with Crippen molar-refractivity contribution in [3.63, 3.8) is 0 Å². The summed E-state index contributed by atoms with van der Waals surface area (Å²) < 4.78 is 35.1. The van der Waals surface area contributed by atoms with E-state index in [1.54, 1.807) is 25.3 Å². The molecule has 1 aliphatic carbocycles. The number of halogens is 2. The van der Waals surface area contributed by atoms with Crippen molar-refractivity contribution in [2.75, 3.05) is 7.11 Å². The first-order valence-electron chi connectivity index (χ1n) is 8.64. The van der Waals surface area contributed by atoms with Crippen LogP contribution in [-0.4, -0.2) is 21.3 Å². The van der Waals surface area contributed by atoms with Crippen LogP contribution in [0.1, 0.15) is 34.2 Å². The van der Waals surface area contributed by atoms with Crippen molar-refractivity contribution in [2.45, 2.75) is 18.2 Å². The van der Waals surface area contributed by atoms with E-state index >= 15 is 0 Å². The molecule has 1 aromatic heterocycles. The SMILES string of the molecule is CCc1oc2cc(S(=O)(=O)Cl)ccc2c1C(=O)c1cc(Br)c(OC)c(C2=C=C2)c1. The molecule has 0 unspecified atom stereocenters. The van der Waals surface area contributed by atoms with Gasteiger partial charge >= 0.3 is 0 Å². The third-order valence-corrected chi connectivity index (χ3v) is 6.59. The van der Waals surface area contributed by atoms with Gasteiger partial charge in [-0.25, -0.2) is 8.42 Å². The van der Waals surface area contributed by atoms with E-state index in [0.717, 1.165) is 11.1 Å². The quantitative estimate of drug-likeness (QED) is 0.258. The molecule has 5 nitrogen and oxygen atoms in total. The third-order valence-electron chi connectivity index (χ3n) is 4.65. The zero-order chi connectivity index (χ0) is 20.9. The standard InChI is InChI=1S/C21H14BrClO5S/c1-3-17-19(14-7-6-13(29(23,25)26)10-18(14)28-17)20(24)12-8-15(11-4-5-11)21(27-2)16(22)9-12/h4,6-10H,3H2,1-2H3. The Balaban J connectivity index is 1.88. The first-order valence-corrected chi connectivity index (χ1v) is 11.7. The fourth-order valence-electron chi connectivity index (χ4n) is 3.25. The van der Waals surface area contributed by atoms with Crippen molar-refractivity contribution < 1.29 is 22.4 Å². The average Bonchev–Trinajstić information content (AvgIpc) is 3.45. The molecule has 0 saturated heterocycles. The number of aryl methyl sites for hydroxylation is 1. The van der Waals surface area contributed by atoms with Crippen molar-refractivity contribution in [1.29, 1.82) is 0 Å². The Bertz CT molecular complexity index is 1360. The molecule has 0 atom stereocenters. The summed E-state index contributed by atoms with van der Waals surface area (Å²) in [5.74, 6) is 0.877. The molecule has 148 valence electrons. The van der Waals surface area contributed by atoms with Crippen molar-refractivity contribution >= 4 is 58.0 Å². The van der Waals surface area contributed by atoms with Crippen LogP contribution in [0.25, 0.3) is 16.5 Å². The second kappa shape index (κ2) is 7.18. The molecule has 1 aliphatic rings. The van der Waals surface area contributed by atoms with Crippen LogP contribution in [0.2, 0.25) is 0 Å². The third kappa shape index (κ3) is 3.55. The predicted octanol–water partition coefficient (Wildman–Crippen LogP) is 5.48. The average molecular weight is 494 g/mol. The van der Waals surface area contributed by atoms with Gasteiger partial charge in [0.05, 0.1) is 22.0 Å². The van der Waals surface area contributed by atoms with E-state index in [1.165, 1.54) is 12.1 Å². The molecule has 4 rings (SSSR count). The minimum absolute atomic E-state index is 0.0803. The van der Waals surface area contributed by atoms with E-state index in [2.05, 4.69) is 21.7 Å². The van der Waals surface area contributed by atoms with E-state index < -0.39 is 9.05 Å². The highest BCUT2D eigenvalue weighted by Gasteiger charge is 2.25. The van der Waals surface area contributed by atoms with Gasteiger partial charge in [0.15, 0.2) is 5.78 Å². The van der Waals surface area contributed by atoms with E-state index in [1.807, 2.05) is 13.0 Å². The van der Waals surface area contributed by atoms with Crippen molar-refractivity contribution in [1.82, 2.24) is 0 Å². The van der Waals surface area contributed by atoms with Gasteiger partial charge in [0, 0.05) is 45.3 Å². The lowest BCUT2D eigenvalue weighted by molar-refractivity contribution is 0.103. The summed E-state index contributed by atoms with van der Waals surface area (Å²) in [6, 6.07) is 7.70. The summed E-state index contributed by atoms with van der Waals surface area (Å²) in [5.41, 5.74) is 5.82. The van der Waals surface area contributed by atoms with Gasteiger partial charge in [-0.05, 0) is 46.3 Å². The lowest BCUT2D eigenvalue weighted by Gasteiger charge is -2.11. The van der Waals surface area contributed by atoms with Crippen LogP contribution >= 0.6 is 26.6 Å². The van der Waals surface area contributed by atoms with E-state index in [0.29, 0.717) is 44.5 Å². The van der Waals surface area contributed by atoms with Crippen molar-refractivity contribution in [3.05, 3.63) is 69.1 Å². The lowest BCUT2D eigenvalue weighted by atomic mass is 9.97. The van der Waals surface area contributed by atoms with Gasteiger partial charge in [0.1, 0.15) is 17.1 Å². The summed E-state index contributed by atoms with van der Waals surface area (Å²) in [7, 11) is 3.09. The Morgan fingerprint density at radius 1 is 1.28 bits per heavy atom. The van der Waals surface area contributed by atoms with Crippen LogP contribution in [0, 0.1) is 0 Å². The lowest BCUT2D eigenvalue weighted by Crippen LogP contribution is -2.05. The van der Waals surface area contributed by atoms with Gasteiger partial charge in [-0.3, -0.25) is 4.79 Å². The van der Waals surface area contributed by atoms with Crippen LogP contribution in [0.15, 0.2) is 55.9 Å². The highest BCUT2D eigenvalue weighted by molar-refractivity contribution is 9.10. The van der Waals surface area contributed by atoms with E-state index in [-0.39, 0.29) is 10.7 Å². The maximum Gasteiger partial charge on any atom is 0.261 e. The Labute approximate surface area is 180 Å². The van der Waals surface area contributed by atoms with Crippen molar-refractivity contribution in [3.8, 4) is 5.75 Å². The number of fused-ring (bicyclic) bond motifs is 1. The number of methoxy groups -OCH3 is 1.